The zero-order chi connectivity index (χ0) is 13.0. The van der Waals surface area contributed by atoms with Crippen molar-refractivity contribution in [2.75, 3.05) is 18.5 Å². The van der Waals surface area contributed by atoms with Gasteiger partial charge in [0, 0.05) is 18.5 Å². The van der Waals surface area contributed by atoms with Gasteiger partial charge in [0.1, 0.15) is 5.69 Å². The number of hydrogen-bond donors (Lipinski definition) is 3. The fourth-order valence-electron chi connectivity index (χ4n) is 1.63. The Hall–Kier alpha value is -2.15. The van der Waals surface area contributed by atoms with Crippen LogP contribution in [-0.2, 0) is 4.74 Å². The van der Waals surface area contributed by atoms with E-state index in [1.165, 1.54) is 18.3 Å². The van der Waals surface area contributed by atoms with Gasteiger partial charge in [-0.1, -0.05) is 0 Å². The van der Waals surface area contributed by atoms with Crippen LogP contribution in [0.5, 0.6) is 0 Å². The summed E-state index contributed by atoms with van der Waals surface area (Å²) in [5, 5.41) is 14.1. The Morgan fingerprint density at radius 1 is 1.50 bits per heavy atom. The number of nitrogens with zero attached hydrogens (tertiary/aromatic N) is 1. The van der Waals surface area contributed by atoms with Gasteiger partial charge in [0.15, 0.2) is 0 Å². The number of carbonyl (C=O) groups excluding carboxylic acids is 1. The van der Waals surface area contributed by atoms with E-state index in [0.29, 0.717) is 18.9 Å². The molecule has 1 aliphatic heterocycles. The normalized spacial score (nSPS) is 18.3. The van der Waals surface area contributed by atoms with Crippen LogP contribution in [0.15, 0.2) is 18.3 Å². The smallest absolute Gasteiger partial charge is 0.354 e. The molecule has 1 saturated heterocycles. The molecular weight excluding hydrogens is 238 g/mol. The highest BCUT2D eigenvalue weighted by atomic mass is 16.5. The zero-order valence-corrected chi connectivity index (χ0v) is 9.55. The first-order valence-electron chi connectivity index (χ1n) is 5.50. The van der Waals surface area contributed by atoms with E-state index in [-0.39, 0.29) is 17.8 Å². The minimum absolute atomic E-state index is 0.00535. The Labute approximate surface area is 103 Å². The van der Waals surface area contributed by atoms with Crippen molar-refractivity contribution >= 4 is 17.7 Å². The van der Waals surface area contributed by atoms with Crippen molar-refractivity contribution in [1.29, 1.82) is 0 Å². The first-order valence-corrected chi connectivity index (χ1v) is 5.50. The van der Waals surface area contributed by atoms with Gasteiger partial charge in [0.2, 0.25) is 0 Å². The molecule has 1 atom stereocenters. The first-order chi connectivity index (χ1) is 8.65. The van der Waals surface area contributed by atoms with Gasteiger partial charge in [-0.2, -0.15) is 0 Å². The van der Waals surface area contributed by atoms with Gasteiger partial charge < -0.3 is 20.5 Å². The molecule has 0 saturated carbocycles. The molecule has 7 heteroatoms. The summed E-state index contributed by atoms with van der Waals surface area (Å²) < 4.78 is 5.13. The summed E-state index contributed by atoms with van der Waals surface area (Å²) in [6.07, 6.45) is 2.11. The van der Waals surface area contributed by atoms with Crippen molar-refractivity contribution in [3.05, 3.63) is 24.0 Å². The molecule has 0 bridgehead atoms. The number of rotatable bonds is 3. The van der Waals surface area contributed by atoms with Crippen LogP contribution in [0.3, 0.4) is 0 Å². The van der Waals surface area contributed by atoms with E-state index in [9.17, 15) is 9.59 Å². The molecule has 1 aromatic rings. The van der Waals surface area contributed by atoms with Gasteiger partial charge in [-0.05, 0) is 18.6 Å². The van der Waals surface area contributed by atoms with Crippen molar-refractivity contribution in [3.63, 3.8) is 0 Å². The SMILES string of the molecule is O=C(Nc1ccnc(C(=O)O)c1)NC1CCOC1. The molecule has 2 heterocycles. The second kappa shape index (κ2) is 5.46. The lowest BCUT2D eigenvalue weighted by molar-refractivity contribution is 0.0690. The van der Waals surface area contributed by atoms with Crippen LogP contribution in [-0.4, -0.2) is 41.3 Å². The molecule has 96 valence electrons. The summed E-state index contributed by atoms with van der Waals surface area (Å²) in [6.45, 7) is 1.15. The maximum Gasteiger partial charge on any atom is 0.354 e. The van der Waals surface area contributed by atoms with E-state index in [1.807, 2.05) is 0 Å². The molecular formula is C11H13N3O4. The second-order valence-corrected chi connectivity index (χ2v) is 3.89. The third-order valence-corrected chi connectivity index (χ3v) is 2.50. The molecule has 0 aromatic carbocycles. The Balaban J connectivity index is 1.93. The van der Waals surface area contributed by atoms with Crippen LogP contribution < -0.4 is 10.6 Å². The fraction of sp³-hybridized carbons (Fsp3) is 0.364. The Morgan fingerprint density at radius 3 is 3.00 bits per heavy atom. The summed E-state index contributed by atoms with van der Waals surface area (Å²) in [5.74, 6) is -1.14. The number of urea groups is 1. The van der Waals surface area contributed by atoms with Gasteiger partial charge >= 0.3 is 12.0 Å². The molecule has 0 aliphatic carbocycles. The predicted octanol–water partition coefficient (Wildman–Crippen LogP) is 0.690. The molecule has 1 fully saturated rings. The number of pyridine rings is 1. The minimum Gasteiger partial charge on any atom is -0.477 e. The van der Waals surface area contributed by atoms with Gasteiger partial charge in [0.25, 0.3) is 0 Å². The highest BCUT2D eigenvalue weighted by Gasteiger charge is 2.17. The largest absolute Gasteiger partial charge is 0.477 e. The summed E-state index contributed by atoms with van der Waals surface area (Å²) in [6, 6.07) is 2.45. The Kier molecular flexibility index (Phi) is 3.73. The van der Waals surface area contributed by atoms with Crippen molar-refractivity contribution in [2.45, 2.75) is 12.5 Å². The molecule has 2 rings (SSSR count). The molecule has 0 radical (unpaired) electrons. The number of hydrogen-bond acceptors (Lipinski definition) is 4. The molecule has 1 aliphatic rings. The van der Waals surface area contributed by atoms with Crippen LogP contribution in [0, 0.1) is 0 Å². The van der Waals surface area contributed by atoms with Gasteiger partial charge in [0.05, 0.1) is 12.6 Å². The lowest BCUT2D eigenvalue weighted by atomic mass is 10.3. The summed E-state index contributed by atoms with van der Waals surface area (Å²) in [5.41, 5.74) is 0.274. The lowest BCUT2D eigenvalue weighted by Gasteiger charge is -2.11. The number of carboxylic acids is 1. The van der Waals surface area contributed by atoms with E-state index in [0.717, 1.165) is 6.42 Å². The molecule has 0 spiro atoms. The van der Waals surface area contributed by atoms with Crippen LogP contribution >= 0.6 is 0 Å². The van der Waals surface area contributed by atoms with E-state index in [4.69, 9.17) is 9.84 Å². The quantitative estimate of drug-likeness (QED) is 0.733. The summed E-state index contributed by atoms with van der Waals surface area (Å²) in [4.78, 5) is 26.0. The number of aromatic carboxylic acids is 1. The lowest BCUT2D eigenvalue weighted by Crippen LogP contribution is -2.38. The highest BCUT2D eigenvalue weighted by molar-refractivity contribution is 5.92. The number of ether oxygens (including phenoxy) is 1. The summed E-state index contributed by atoms with van der Waals surface area (Å²) >= 11 is 0. The Morgan fingerprint density at radius 2 is 2.33 bits per heavy atom. The molecule has 18 heavy (non-hydrogen) atoms. The van der Waals surface area contributed by atoms with Gasteiger partial charge in [-0.25, -0.2) is 14.6 Å². The number of amides is 2. The molecule has 3 N–H and O–H groups in total. The average molecular weight is 251 g/mol. The molecule has 1 aromatic heterocycles. The van der Waals surface area contributed by atoms with Crippen molar-refractivity contribution in [1.82, 2.24) is 10.3 Å². The third-order valence-electron chi connectivity index (χ3n) is 2.50. The van der Waals surface area contributed by atoms with Crippen LogP contribution in [0.2, 0.25) is 0 Å². The maximum atomic E-state index is 11.6. The average Bonchev–Trinajstić information content (AvgIpc) is 2.82. The Bertz CT molecular complexity index is 457. The van der Waals surface area contributed by atoms with Gasteiger partial charge in [-0.15, -0.1) is 0 Å². The van der Waals surface area contributed by atoms with E-state index < -0.39 is 5.97 Å². The van der Waals surface area contributed by atoms with E-state index >= 15 is 0 Å². The van der Waals surface area contributed by atoms with Crippen molar-refractivity contribution in [2.24, 2.45) is 0 Å². The fourth-order valence-corrected chi connectivity index (χ4v) is 1.63. The van der Waals surface area contributed by atoms with Crippen LogP contribution in [0.25, 0.3) is 0 Å². The zero-order valence-electron chi connectivity index (χ0n) is 9.55. The molecule has 1 unspecified atom stereocenters. The minimum atomic E-state index is -1.14. The third kappa shape index (κ3) is 3.17. The van der Waals surface area contributed by atoms with E-state index in [1.54, 1.807) is 0 Å². The molecule has 2 amide bonds. The number of carbonyl (C=O) groups is 2. The van der Waals surface area contributed by atoms with Crippen LogP contribution in [0.4, 0.5) is 10.5 Å². The van der Waals surface area contributed by atoms with Crippen molar-refractivity contribution < 1.29 is 19.4 Å². The number of anilines is 1. The topological polar surface area (TPSA) is 101 Å². The van der Waals surface area contributed by atoms with Gasteiger partial charge in [-0.3, -0.25) is 0 Å². The maximum absolute atomic E-state index is 11.6. The van der Waals surface area contributed by atoms with Crippen LogP contribution in [0.1, 0.15) is 16.9 Å². The summed E-state index contributed by atoms with van der Waals surface area (Å²) in [7, 11) is 0. The number of nitrogens with one attached hydrogen (secondary N) is 2. The number of aromatic nitrogens is 1. The first kappa shape index (κ1) is 12.3. The number of carboxylic acid groups (broad SMARTS) is 1. The highest BCUT2D eigenvalue weighted by Crippen LogP contribution is 2.09. The standard InChI is InChI=1S/C11H13N3O4/c15-10(16)9-5-7(1-3-12-9)13-11(17)14-8-2-4-18-6-8/h1,3,5,8H,2,4,6H2,(H,15,16)(H2,12,13,14,17). The second-order valence-electron chi connectivity index (χ2n) is 3.89. The van der Waals surface area contributed by atoms with Crippen molar-refractivity contribution in [3.8, 4) is 0 Å². The monoisotopic (exact) mass is 251 g/mol. The van der Waals surface area contributed by atoms with E-state index in [2.05, 4.69) is 15.6 Å². The predicted molar refractivity (Wildman–Crippen MR) is 62.6 cm³/mol. The molecule has 7 nitrogen and oxygen atoms in total.